The molecule has 0 amide bonds. The summed E-state index contributed by atoms with van der Waals surface area (Å²) in [6, 6.07) is 1.79. The van der Waals surface area contributed by atoms with Gasteiger partial charge in [0, 0.05) is 0 Å². The molecule has 0 spiro atoms. The molecule has 2 rings (SSSR count). The van der Waals surface area contributed by atoms with Gasteiger partial charge in [-0.25, -0.2) is 0 Å². The molecule has 1 unspecified atom stereocenters. The first-order valence-corrected chi connectivity index (χ1v) is 5.25. The van der Waals surface area contributed by atoms with Crippen molar-refractivity contribution in [3.8, 4) is 11.5 Å². The Labute approximate surface area is 93.6 Å². The van der Waals surface area contributed by atoms with Gasteiger partial charge in [-0.05, 0) is 31.0 Å². The molecule has 15 heavy (non-hydrogen) atoms. The van der Waals surface area contributed by atoms with Crippen molar-refractivity contribution in [3.63, 3.8) is 0 Å². The highest BCUT2D eigenvalue weighted by molar-refractivity contribution is 6.33. The standard InChI is InChI=1S/C11H13ClO3/c1-6-8(7(2)13)5-9-11(10(6)12)15-4-3-14-9/h5,7,13H,3-4H2,1-2H3. The first-order valence-electron chi connectivity index (χ1n) is 4.88. The maximum atomic E-state index is 9.58. The van der Waals surface area contributed by atoms with Crippen molar-refractivity contribution < 1.29 is 14.6 Å². The van der Waals surface area contributed by atoms with Crippen molar-refractivity contribution in [3.05, 3.63) is 22.2 Å². The van der Waals surface area contributed by atoms with E-state index in [0.717, 1.165) is 11.1 Å². The third-order valence-corrected chi connectivity index (χ3v) is 2.96. The number of rotatable bonds is 1. The lowest BCUT2D eigenvalue weighted by Gasteiger charge is -2.22. The molecule has 1 atom stereocenters. The highest BCUT2D eigenvalue weighted by Gasteiger charge is 2.21. The molecule has 1 aliphatic rings. The zero-order valence-corrected chi connectivity index (χ0v) is 9.47. The molecule has 0 radical (unpaired) electrons. The molecule has 0 fully saturated rings. The number of ether oxygens (including phenoxy) is 2. The molecule has 0 bridgehead atoms. The smallest absolute Gasteiger partial charge is 0.180 e. The minimum Gasteiger partial charge on any atom is -0.486 e. The van der Waals surface area contributed by atoms with Gasteiger partial charge in [0.15, 0.2) is 11.5 Å². The molecule has 0 aliphatic carbocycles. The number of aliphatic hydroxyl groups is 1. The van der Waals surface area contributed by atoms with Gasteiger partial charge >= 0.3 is 0 Å². The van der Waals surface area contributed by atoms with E-state index in [0.29, 0.717) is 29.7 Å². The van der Waals surface area contributed by atoms with Crippen LogP contribution in [0.2, 0.25) is 5.02 Å². The fraction of sp³-hybridized carbons (Fsp3) is 0.455. The van der Waals surface area contributed by atoms with E-state index in [1.54, 1.807) is 13.0 Å². The van der Waals surface area contributed by atoms with Gasteiger partial charge in [-0.1, -0.05) is 11.6 Å². The second-order valence-electron chi connectivity index (χ2n) is 3.60. The van der Waals surface area contributed by atoms with Crippen LogP contribution in [0.3, 0.4) is 0 Å². The predicted octanol–water partition coefficient (Wildman–Crippen LogP) is 2.47. The van der Waals surface area contributed by atoms with Crippen LogP contribution in [0.25, 0.3) is 0 Å². The summed E-state index contributed by atoms with van der Waals surface area (Å²) in [7, 11) is 0. The van der Waals surface area contributed by atoms with Gasteiger partial charge in [0.2, 0.25) is 0 Å². The van der Waals surface area contributed by atoms with Crippen molar-refractivity contribution in [2.45, 2.75) is 20.0 Å². The van der Waals surface area contributed by atoms with Crippen LogP contribution in [0.1, 0.15) is 24.2 Å². The van der Waals surface area contributed by atoms with Crippen molar-refractivity contribution in [2.75, 3.05) is 13.2 Å². The van der Waals surface area contributed by atoms with Gasteiger partial charge in [-0.2, -0.15) is 0 Å². The molecule has 4 heteroatoms. The second kappa shape index (κ2) is 3.91. The predicted molar refractivity (Wildman–Crippen MR) is 57.8 cm³/mol. The largest absolute Gasteiger partial charge is 0.486 e. The number of fused-ring (bicyclic) bond motifs is 1. The van der Waals surface area contributed by atoms with E-state index < -0.39 is 6.10 Å². The fourth-order valence-electron chi connectivity index (χ4n) is 1.69. The van der Waals surface area contributed by atoms with Crippen molar-refractivity contribution in [2.24, 2.45) is 0 Å². The van der Waals surface area contributed by atoms with Crippen LogP contribution in [0.15, 0.2) is 6.07 Å². The summed E-state index contributed by atoms with van der Waals surface area (Å²) in [5.41, 5.74) is 1.63. The quantitative estimate of drug-likeness (QED) is 0.803. The topological polar surface area (TPSA) is 38.7 Å². The van der Waals surface area contributed by atoms with E-state index in [2.05, 4.69) is 0 Å². The first kappa shape index (κ1) is 10.6. The van der Waals surface area contributed by atoms with Crippen molar-refractivity contribution >= 4 is 11.6 Å². The second-order valence-corrected chi connectivity index (χ2v) is 3.98. The van der Waals surface area contributed by atoms with Gasteiger partial charge in [0.1, 0.15) is 13.2 Å². The Morgan fingerprint density at radius 1 is 1.40 bits per heavy atom. The van der Waals surface area contributed by atoms with Crippen LogP contribution in [-0.4, -0.2) is 18.3 Å². The summed E-state index contributed by atoms with van der Waals surface area (Å²) in [6.45, 7) is 4.60. The number of benzene rings is 1. The van der Waals surface area contributed by atoms with E-state index >= 15 is 0 Å². The SMILES string of the molecule is Cc1c(C(C)O)cc2c(c1Cl)OCCO2. The van der Waals surface area contributed by atoms with Crippen molar-refractivity contribution in [1.29, 1.82) is 0 Å². The summed E-state index contributed by atoms with van der Waals surface area (Å²) >= 11 is 6.14. The van der Waals surface area contributed by atoms with E-state index in [-0.39, 0.29) is 0 Å². The Morgan fingerprint density at radius 2 is 2.07 bits per heavy atom. The number of hydrogen-bond donors (Lipinski definition) is 1. The molecular weight excluding hydrogens is 216 g/mol. The van der Waals surface area contributed by atoms with E-state index in [1.807, 2.05) is 6.92 Å². The first-order chi connectivity index (χ1) is 7.11. The van der Waals surface area contributed by atoms with E-state index in [9.17, 15) is 5.11 Å². The molecule has 0 saturated heterocycles. The lowest BCUT2D eigenvalue weighted by molar-refractivity contribution is 0.168. The minimum absolute atomic E-state index is 0.514. The Balaban J connectivity index is 2.57. The van der Waals surface area contributed by atoms with Gasteiger partial charge in [-0.3, -0.25) is 0 Å². The minimum atomic E-state index is -0.557. The highest BCUT2D eigenvalue weighted by atomic mass is 35.5. The molecule has 1 aromatic carbocycles. The number of aliphatic hydroxyl groups excluding tert-OH is 1. The lowest BCUT2D eigenvalue weighted by atomic mass is 10.0. The number of hydrogen-bond acceptors (Lipinski definition) is 3. The van der Waals surface area contributed by atoms with Gasteiger partial charge in [-0.15, -0.1) is 0 Å². The average Bonchev–Trinajstić information content (AvgIpc) is 2.23. The Morgan fingerprint density at radius 3 is 2.73 bits per heavy atom. The Bertz CT molecular complexity index is 388. The summed E-state index contributed by atoms with van der Waals surface area (Å²) in [5.74, 6) is 1.21. The maximum absolute atomic E-state index is 9.58. The molecule has 0 saturated carbocycles. The third kappa shape index (κ3) is 1.77. The van der Waals surface area contributed by atoms with Crippen LogP contribution in [0, 0.1) is 6.92 Å². The van der Waals surface area contributed by atoms with Gasteiger partial charge in [0.25, 0.3) is 0 Å². The molecule has 3 nitrogen and oxygen atoms in total. The normalized spacial score (nSPS) is 16.3. The van der Waals surface area contributed by atoms with Crippen LogP contribution in [-0.2, 0) is 0 Å². The van der Waals surface area contributed by atoms with Crippen LogP contribution >= 0.6 is 11.6 Å². The maximum Gasteiger partial charge on any atom is 0.180 e. The molecule has 1 aromatic rings. The molecule has 1 N–H and O–H groups in total. The summed E-state index contributed by atoms with van der Waals surface area (Å²) < 4.78 is 10.9. The zero-order chi connectivity index (χ0) is 11.0. The molecule has 1 heterocycles. The molecule has 82 valence electrons. The lowest BCUT2D eigenvalue weighted by Crippen LogP contribution is -2.16. The highest BCUT2D eigenvalue weighted by Crippen LogP contribution is 2.42. The van der Waals surface area contributed by atoms with E-state index in [1.165, 1.54) is 0 Å². The van der Waals surface area contributed by atoms with Gasteiger partial charge in [0.05, 0.1) is 11.1 Å². The molecular formula is C11H13ClO3. The van der Waals surface area contributed by atoms with Crippen LogP contribution in [0.5, 0.6) is 11.5 Å². The van der Waals surface area contributed by atoms with E-state index in [4.69, 9.17) is 21.1 Å². The summed E-state index contributed by atoms with van der Waals surface area (Å²) in [4.78, 5) is 0. The van der Waals surface area contributed by atoms with Crippen LogP contribution in [0.4, 0.5) is 0 Å². The third-order valence-electron chi connectivity index (χ3n) is 2.51. The van der Waals surface area contributed by atoms with Crippen LogP contribution < -0.4 is 9.47 Å². The Kier molecular flexibility index (Phi) is 2.76. The average molecular weight is 229 g/mol. The summed E-state index contributed by atoms with van der Waals surface area (Å²) in [5, 5.41) is 10.1. The number of halogens is 1. The van der Waals surface area contributed by atoms with Crippen molar-refractivity contribution in [1.82, 2.24) is 0 Å². The zero-order valence-electron chi connectivity index (χ0n) is 8.71. The Hall–Kier alpha value is -0.930. The summed E-state index contributed by atoms with van der Waals surface area (Å²) in [6.07, 6.45) is -0.557. The molecule has 0 aromatic heterocycles. The van der Waals surface area contributed by atoms with Gasteiger partial charge < -0.3 is 14.6 Å². The monoisotopic (exact) mass is 228 g/mol. The fourth-order valence-corrected chi connectivity index (χ4v) is 1.95. The molecule has 1 aliphatic heterocycles.